The van der Waals surface area contributed by atoms with Crippen molar-refractivity contribution in [3.05, 3.63) is 40.9 Å². The van der Waals surface area contributed by atoms with Crippen LogP contribution in [0, 0.1) is 5.92 Å². The van der Waals surface area contributed by atoms with E-state index in [1.54, 1.807) is 18.2 Å². The van der Waals surface area contributed by atoms with Crippen molar-refractivity contribution in [3.63, 3.8) is 0 Å². The zero-order chi connectivity index (χ0) is 16.7. The Bertz CT molecular complexity index is 709. The average molecular weight is 315 g/mol. The lowest BCUT2D eigenvalue weighted by molar-refractivity contribution is -0.121. The van der Waals surface area contributed by atoms with Crippen molar-refractivity contribution in [3.8, 4) is 0 Å². The molecule has 5 heteroatoms. The van der Waals surface area contributed by atoms with Crippen molar-refractivity contribution in [1.29, 1.82) is 0 Å². The Morgan fingerprint density at radius 3 is 2.83 bits per heavy atom. The zero-order valence-corrected chi connectivity index (χ0v) is 13.9. The Kier molecular flexibility index (Phi) is 6.32. The van der Waals surface area contributed by atoms with E-state index in [2.05, 4.69) is 24.1 Å². The second kappa shape index (κ2) is 8.46. The third kappa shape index (κ3) is 4.65. The Morgan fingerprint density at radius 1 is 1.30 bits per heavy atom. The Labute approximate surface area is 136 Å². The largest absolute Gasteiger partial charge is 0.354 e. The Hall–Kier alpha value is -2.17. The minimum Gasteiger partial charge on any atom is -0.354 e. The van der Waals surface area contributed by atoms with Crippen molar-refractivity contribution < 1.29 is 4.79 Å². The third-order valence-corrected chi connectivity index (χ3v) is 4.18. The van der Waals surface area contributed by atoms with Gasteiger partial charge in [-0.15, -0.1) is 0 Å². The van der Waals surface area contributed by atoms with Crippen LogP contribution in [0.3, 0.4) is 0 Å². The number of carbonyl (C=O) groups is 1. The summed E-state index contributed by atoms with van der Waals surface area (Å²) < 4.78 is 1.37. The maximum Gasteiger partial charge on any atom is 0.261 e. The van der Waals surface area contributed by atoms with Crippen LogP contribution in [-0.4, -0.2) is 22.0 Å². The Balaban J connectivity index is 1.98. The average Bonchev–Trinajstić information content (AvgIpc) is 2.58. The summed E-state index contributed by atoms with van der Waals surface area (Å²) in [7, 11) is 0. The van der Waals surface area contributed by atoms with Crippen LogP contribution in [0.25, 0.3) is 10.9 Å². The molecule has 1 atom stereocenters. The second-order valence-electron chi connectivity index (χ2n) is 5.92. The number of nitrogens with one attached hydrogen (secondary N) is 1. The molecule has 0 aliphatic rings. The molecule has 0 bridgehead atoms. The van der Waals surface area contributed by atoms with Crippen LogP contribution in [-0.2, 0) is 11.3 Å². The number of rotatable bonds is 8. The molecular formula is C18H25N3O2. The van der Waals surface area contributed by atoms with Crippen LogP contribution < -0.4 is 10.9 Å². The molecule has 1 N–H and O–H groups in total. The fourth-order valence-corrected chi connectivity index (χ4v) is 2.63. The van der Waals surface area contributed by atoms with E-state index < -0.39 is 0 Å². The van der Waals surface area contributed by atoms with Crippen LogP contribution in [0.1, 0.15) is 39.5 Å². The van der Waals surface area contributed by atoms with Gasteiger partial charge in [-0.1, -0.05) is 45.2 Å². The molecule has 0 radical (unpaired) electrons. The minimum absolute atomic E-state index is 0.0148. The molecule has 0 aliphatic heterocycles. The maximum atomic E-state index is 12.3. The first-order valence-corrected chi connectivity index (χ1v) is 8.36. The second-order valence-corrected chi connectivity index (χ2v) is 5.92. The molecule has 2 aromatic rings. The highest BCUT2D eigenvalue weighted by Crippen LogP contribution is 2.11. The smallest absolute Gasteiger partial charge is 0.261 e. The van der Waals surface area contributed by atoms with Crippen molar-refractivity contribution in [2.24, 2.45) is 5.92 Å². The van der Waals surface area contributed by atoms with Gasteiger partial charge in [-0.2, -0.15) is 0 Å². The molecule has 23 heavy (non-hydrogen) atoms. The van der Waals surface area contributed by atoms with Gasteiger partial charge >= 0.3 is 0 Å². The summed E-state index contributed by atoms with van der Waals surface area (Å²) in [4.78, 5) is 28.7. The molecule has 0 saturated heterocycles. The highest BCUT2D eigenvalue weighted by molar-refractivity contribution is 5.78. The standard InChI is InChI=1S/C18H25N3O2/c1-3-5-8-14(4-2)11-19-17(22)12-21-13-20-16-10-7-6-9-15(16)18(21)23/h6-7,9-10,13-14H,3-5,8,11-12H2,1-2H3,(H,19,22). The summed E-state index contributed by atoms with van der Waals surface area (Å²) in [5.74, 6) is 0.365. The van der Waals surface area contributed by atoms with Crippen molar-refractivity contribution >= 4 is 16.8 Å². The van der Waals surface area contributed by atoms with Crippen LogP contribution in [0.2, 0.25) is 0 Å². The number of hydrogen-bond acceptors (Lipinski definition) is 3. The van der Waals surface area contributed by atoms with Crippen LogP contribution in [0.4, 0.5) is 0 Å². The van der Waals surface area contributed by atoms with Crippen LogP contribution >= 0.6 is 0 Å². The van der Waals surface area contributed by atoms with E-state index in [0.29, 0.717) is 23.4 Å². The summed E-state index contributed by atoms with van der Waals surface area (Å²) in [6, 6.07) is 7.17. The topological polar surface area (TPSA) is 64.0 Å². The summed E-state index contributed by atoms with van der Waals surface area (Å²) in [5, 5.41) is 3.48. The van der Waals surface area contributed by atoms with Gasteiger partial charge in [0.1, 0.15) is 6.54 Å². The first kappa shape index (κ1) is 17.2. The van der Waals surface area contributed by atoms with Gasteiger partial charge in [-0.3, -0.25) is 14.2 Å². The fourth-order valence-electron chi connectivity index (χ4n) is 2.63. The highest BCUT2D eigenvalue weighted by atomic mass is 16.2. The quantitative estimate of drug-likeness (QED) is 0.814. The number of hydrogen-bond donors (Lipinski definition) is 1. The van der Waals surface area contributed by atoms with E-state index in [1.165, 1.54) is 23.7 Å². The molecule has 0 saturated carbocycles. The molecule has 1 aromatic heterocycles. The molecule has 2 rings (SSSR count). The van der Waals surface area contributed by atoms with Gasteiger partial charge in [-0.25, -0.2) is 4.98 Å². The zero-order valence-electron chi connectivity index (χ0n) is 13.9. The van der Waals surface area contributed by atoms with E-state index in [4.69, 9.17) is 0 Å². The molecule has 1 aromatic carbocycles. The summed E-state index contributed by atoms with van der Waals surface area (Å²) in [6.45, 7) is 5.00. The van der Waals surface area contributed by atoms with E-state index in [1.807, 2.05) is 6.07 Å². The van der Waals surface area contributed by atoms with Crippen molar-refractivity contribution in [2.45, 2.75) is 46.1 Å². The third-order valence-electron chi connectivity index (χ3n) is 4.18. The highest BCUT2D eigenvalue weighted by Gasteiger charge is 2.10. The first-order valence-electron chi connectivity index (χ1n) is 8.36. The van der Waals surface area contributed by atoms with Crippen molar-refractivity contribution in [1.82, 2.24) is 14.9 Å². The molecular weight excluding hydrogens is 290 g/mol. The number of amides is 1. The molecule has 1 unspecified atom stereocenters. The molecule has 5 nitrogen and oxygen atoms in total. The molecule has 0 fully saturated rings. The number of para-hydroxylation sites is 1. The van der Waals surface area contributed by atoms with Gasteiger partial charge in [0, 0.05) is 6.54 Å². The normalized spacial score (nSPS) is 12.3. The number of carbonyl (C=O) groups excluding carboxylic acids is 1. The van der Waals surface area contributed by atoms with E-state index in [-0.39, 0.29) is 18.0 Å². The summed E-state index contributed by atoms with van der Waals surface area (Å²) in [5.41, 5.74) is 0.476. The van der Waals surface area contributed by atoms with Gasteiger partial charge in [0.05, 0.1) is 17.2 Å². The van der Waals surface area contributed by atoms with Gasteiger partial charge in [-0.05, 0) is 24.5 Å². The summed E-state index contributed by atoms with van der Waals surface area (Å²) in [6.07, 6.45) is 5.98. The molecule has 0 aliphatic carbocycles. The predicted molar refractivity (Wildman–Crippen MR) is 92.3 cm³/mol. The van der Waals surface area contributed by atoms with E-state index in [9.17, 15) is 9.59 Å². The summed E-state index contributed by atoms with van der Waals surface area (Å²) >= 11 is 0. The van der Waals surface area contributed by atoms with Gasteiger partial charge in [0.2, 0.25) is 5.91 Å². The maximum absolute atomic E-state index is 12.3. The van der Waals surface area contributed by atoms with Gasteiger partial charge in [0.15, 0.2) is 0 Å². The number of fused-ring (bicyclic) bond motifs is 1. The van der Waals surface area contributed by atoms with Crippen LogP contribution in [0.15, 0.2) is 35.4 Å². The number of benzene rings is 1. The lowest BCUT2D eigenvalue weighted by atomic mass is 9.99. The fraction of sp³-hybridized carbons (Fsp3) is 0.500. The van der Waals surface area contributed by atoms with E-state index >= 15 is 0 Å². The number of aromatic nitrogens is 2. The molecule has 1 amide bonds. The SMILES string of the molecule is CCCCC(CC)CNC(=O)Cn1cnc2ccccc2c1=O. The van der Waals surface area contributed by atoms with E-state index in [0.717, 1.165) is 12.8 Å². The number of unbranched alkanes of at least 4 members (excludes halogenated alkanes) is 1. The molecule has 0 spiro atoms. The lowest BCUT2D eigenvalue weighted by Crippen LogP contribution is -2.35. The van der Waals surface area contributed by atoms with Crippen LogP contribution in [0.5, 0.6) is 0 Å². The molecule has 1 heterocycles. The molecule has 124 valence electrons. The minimum atomic E-state index is -0.177. The number of nitrogens with zero attached hydrogens (tertiary/aromatic N) is 2. The predicted octanol–water partition coefficient (Wildman–Crippen LogP) is 2.73. The first-order chi connectivity index (χ1) is 11.2. The van der Waals surface area contributed by atoms with Gasteiger partial charge in [0.25, 0.3) is 5.56 Å². The lowest BCUT2D eigenvalue weighted by Gasteiger charge is -2.15. The Morgan fingerprint density at radius 2 is 2.09 bits per heavy atom. The van der Waals surface area contributed by atoms with Gasteiger partial charge < -0.3 is 5.32 Å². The monoisotopic (exact) mass is 315 g/mol. The van der Waals surface area contributed by atoms with Crippen molar-refractivity contribution in [2.75, 3.05) is 6.54 Å².